The average Bonchev–Trinajstić information content (AvgIpc) is 3.40. The second-order valence-corrected chi connectivity index (χ2v) is 14.0. The van der Waals surface area contributed by atoms with Gasteiger partial charge in [0.2, 0.25) is 0 Å². The highest BCUT2D eigenvalue weighted by Gasteiger charge is 2.36. The van der Waals surface area contributed by atoms with Crippen LogP contribution in [0, 0.1) is 18.8 Å². The lowest BCUT2D eigenvalue weighted by Gasteiger charge is -2.39. The van der Waals surface area contributed by atoms with E-state index in [4.69, 9.17) is 4.74 Å². The molecule has 3 aromatic rings. The van der Waals surface area contributed by atoms with Gasteiger partial charge in [-0.25, -0.2) is 14.4 Å². The van der Waals surface area contributed by atoms with Crippen molar-refractivity contribution in [1.29, 1.82) is 0 Å². The molecule has 0 saturated carbocycles. The molecule has 1 aromatic heterocycles. The van der Waals surface area contributed by atoms with Crippen molar-refractivity contribution in [3.63, 3.8) is 0 Å². The highest BCUT2D eigenvalue weighted by Crippen LogP contribution is 2.32. The molecule has 4 aliphatic heterocycles. The van der Waals surface area contributed by atoms with Gasteiger partial charge in [0, 0.05) is 50.9 Å². The fourth-order valence-electron chi connectivity index (χ4n) is 8.31. The Labute approximate surface area is 280 Å². The minimum atomic E-state index is -0.983. The quantitative estimate of drug-likeness (QED) is 0.316. The number of ether oxygens (including phenoxy) is 1. The van der Waals surface area contributed by atoms with Crippen LogP contribution in [0.4, 0.5) is 15.3 Å². The van der Waals surface area contributed by atoms with E-state index < -0.39 is 12.2 Å². The van der Waals surface area contributed by atoms with Gasteiger partial charge in [0.25, 0.3) is 5.91 Å². The summed E-state index contributed by atoms with van der Waals surface area (Å²) >= 11 is 0. The average molecular weight is 658 g/mol. The largest absolute Gasteiger partial charge is 0.436 e. The number of nitrogens with zero attached hydrogens (tertiary/aromatic N) is 3. The zero-order valence-electron chi connectivity index (χ0n) is 27.8. The van der Waals surface area contributed by atoms with Crippen molar-refractivity contribution >= 4 is 34.8 Å². The summed E-state index contributed by atoms with van der Waals surface area (Å²) < 4.78 is 6.09. The molecule has 3 saturated heterocycles. The number of amides is 4. The third-order valence-electron chi connectivity index (χ3n) is 11.0. The maximum absolute atomic E-state index is 14.1. The van der Waals surface area contributed by atoms with Crippen LogP contribution in [0.25, 0.3) is 11.0 Å². The van der Waals surface area contributed by atoms with E-state index in [0.29, 0.717) is 62.9 Å². The van der Waals surface area contributed by atoms with Crippen molar-refractivity contribution in [3.8, 4) is 0 Å². The van der Waals surface area contributed by atoms with Gasteiger partial charge in [0.1, 0.15) is 0 Å². The molecule has 0 bridgehead atoms. The van der Waals surface area contributed by atoms with Gasteiger partial charge in [-0.2, -0.15) is 0 Å². The lowest BCUT2D eigenvalue weighted by atomic mass is 9.79. The number of urea groups is 1. The normalized spacial score (nSPS) is 20.7. The molecule has 48 heavy (non-hydrogen) atoms. The molecular weight excluding hydrogens is 610 g/mol. The van der Waals surface area contributed by atoms with E-state index in [0.717, 1.165) is 60.2 Å². The van der Waals surface area contributed by atoms with Crippen LogP contribution in [0.2, 0.25) is 0 Å². The van der Waals surface area contributed by atoms with E-state index >= 15 is 0 Å². The molecule has 0 unspecified atom stereocenters. The molecule has 4 aliphatic rings. The van der Waals surface area contributed by atoms with E-state index in [-0.39, 0.29) is 30.1 Å². The Morgan fingerprint density at radius 2 is 1.58 bits per heavy atom. The van der Waals surface area contributed by atoms with E-state index in [1.807, 2.05) is 53.1 Å². The smallest absolute Gasteiger partial charge is 0.410 e. The van der Waals surface area contributed by atoms with Crippen molar-refractivity contribution in [2.24, 2.45) is 11.8 Å². The summed E-state index contributed by atoms with van der Waals surface area (Å²) in [6, 6.07) is 11.6. The molecule has 4 amide bonds. The van der Waals surface area contributed by atoms with E-state index in [1.165, 1.54) is 12.8 Å². The van der Waals surface area contributed by atoms with Crippen LogP contribution in [0.3, 0.4) is 0 Å². The first-order valence-electron chi connectivity index (χ1n) is 17.6. The third-order valence-corrected chi connectivity index (χ3v) is 11.0. The first-order chi connectivity index (χ1) is 23.3. The number of rotatable bonds is 6. The number of aromatic nitrogens is 2. The second-order valence-electron chi connectivity index (χ2n) is 14.0. The number of nitrogens with one attached hydrogen (secondary N) is 4. The minimum absolute atomic E-state index is 0.0141. The molecule has 12 heteroatoms. The first-order valence-corrected chi connectivity index (χ1v) is 17.6. The number of carbonyl (C=O) groups is 3. The predicted molar refractivity (Wildman–Crippen MR) is 183 cm³/mol. The molecule has 2 aromatic carbocycles. The fourth-order valence-corrected chi connectivity index (χ4v) is 8.31. The number of hydrogen-bond donors (Lipinski definition) is 4. The number of fused-ring (bicyclic) bond motifs is 2. The Kier molecular flexibility index (Phi) is 9.43. The van der Waals surface area contributed by atoms with E-state index in [1.54, 1.807) is 4.90 Å². The van der Waals surface area contributed by atoms with Crippen LogP contribution in [-0.4, -0.2) is 101 Å². The Morgan fingerprint density at radius 1 is 0.875 bits per heavy atom. The summed E-state index contributed by atoms with van der Waals surface area (Å²) in [6.07, 6.45) is 5.09. The summed E-state index contributed by atoms with van der Waals surface area (Å²) in [7, 11) is 0. The van der Waals surface area contributed by atoms with Gasteiger partial charge in [-0.3, -0.25) is 4.79 Å². The number of carbonyl (C=O) groups excluding carboxylic acids is 3. The van der Waals surface area contributed by atoms with Crippen LogP contribution >= 0.6 is 0 Å². The predicted octanol–water partition coefficient (Wildman–Crippen LogP) is 4.01. The molecule has 4 N–H and O–H groups in total. The Bertz CT molecular complexity index is 1700. The number of aryl methyl sites for hydroxylation is 1. The van der Waals surface area contributed by atoms with Gasteiger partial charge in [0.05, 0.1) is 11.0 Å². The number of benzene rings is 2. The number of H-pyrrole nitrogens is 2. The van der Waals surface area contributed by atoms with Crippen LogP contribution in [0.15, 0.2) is 41.2 Å². The lowest BCUT2D eigenvalue weighted by molar-refractivity contribution is -0.142. The number of anilines is 1. The van der Waals surface area contributed by atoms with E-state index in [2.05, 4.69) is 20.6 Å². The van der Waals surface area contributed by atoms with Gasteiger partial charge >= 0.3 is 17.8 Å². The van der Waals surface area contributed by atoms with Crippen molar-refractivity contribution in [2.75, 3.05) is 51.1 Å². The highest BCUT2D eigenvalue weighted by atomic mass is 16.6. The Hall–Kier alpha value is -4.32. The molecule has 0 radical (unpaired) electrons. The van der Waals surface area contributed by atoms with Gasteiger partial charge in [-0.05, 0) is 106 Å². The van der Waals surface area contributed by atoms with Crippen LogP contribution in [-0.2, 0) is 22.4 Å². The second kappa shape index (κ2) is 14.0. The molecule has 7 rings (SSSR count). The number of piperidine rings is 3. The molecule has 256 valence electrons. The number of aromatic amines is 2. The number of likely N-dealkylation sites (tertiary alicyclic amines) is 2. The zero-order valence-corrected chi connectivity index (χ0v) is 27.8. The fraction of sp³-hybridized carbons (Fsp3) is 0.556. The first kappa shape index (κ1) is 32.2. The minimum Gasteiger partial charge on any atom is -0.436 e. The van der Waals surface area contributed by atoms with Crippen LogP contribution in [0.1, 0.15) is 55.2 Å². The Morgan fingerprint density at radius 3 is 2.35 bits per heavy atom. The van der Waals surface area contributed by atoms with Crippen molar-refractivity contribution in [1.82, 2.24) is 30.0 Å². The topological polar surface area (TPSA) is 143 Å². The van der Waals surface area contributed by atoms with Crippen LogP contribution < -0.4 is 16.3 Å². The molecule has 3 fully saturated rings. The van der Waals surface area contributed by atoms with Crippen molar-refractivity contribution in [2.45, 2.75) is 70.4 Å². The third kappa shape index (κ3) is 6.94. The van der Waals surface area contributed by atoms with Crippen LogP contribution in [0.5, 0.6) is 0 Å². The van der Waals surface area contributed by atoms with Gasteiger partial charge in [-0.1, -0.05) is 24.3 Å². The summed E-state index contributed by atoms with van der Waals surface area (Å²) in [5, 5.41) is 6.50. The highest BCUT2D eigenvalue weighted by molar-refractivity contribution is 5.91. The SMILES string of the molecule is Cc1cc(C[C@@H](OC(=O)N2CCC(N3CCc4ccccc4NC3=O)CC2)C(=O)N2CCC(C3CCNCC3)CC2)cc2[nH]c(=O)[nH]c12. The number of hydrogen-bond acceptors (Lipinski definition) is 6. The molecule has 12 nitrogen and oxygen atoms in total. The van der Waals surface area contributed by atoms with Crippen molar-refractivity contribution < 1.29 is 19.1 Å². The van der Waals surface area contributed by atoms with Crippen molar-refractivity contribution in [3.05, 3.63) is 63.6 Å². The summed E-state index contributed by atoms with van der Waals surface area (Å²) in [6.45, 7) is 6.88. The Balaban J connectivity index is 1.01. The maximum Gasteiger partial charge on any atom is 0.410 e. The van der Waals surface area contributed by atoms with Gasteiger partial charge in [-0.15, -0.1) is 0 Å². The summed E-state index contributed by atoms with van der Waals surface area (Å²) in [5.74, 6) is 1.16. The molecule has 0 spiro atoms. The molecule has 1 atom stereocenters. The number of imidazole rings is 1. The summed E-state index contributed by atoms with van der Waals surface area (Å²) in [4.78, 5) is 63.9. The van der Waals surface area contributed by atoms with Gasteiger partial charge in [0.15, 0.2) is 6.10 Å². The van der Waals surface area contributed by atoms with Gasteiger partial charge < -0.3 is 40.0 Å². The molecule has 5 heterocycles. The standard InChI is InChI=1S/C36H47N7O5/c1-23-20-24(21-30-32(23)40-34(45)38-30)22-31(33(44)41-15-8-26(9-16-41)25-6-13-37-14-7-25)48-36(47)42-17-11-28(12-18-42)43-19-10-27-4-2-3-5-29(27)39-35(43)46/h2-5,20-21,25-26,28,31,37H,6-19,22H2,1H3,(H,39,46)(H2,38,40,45)/t31-/m1/s1. The zero-order chi connectivity index (χ0) is 33.2. The maximum atomic E-state index is 14.1. The summed E-state index contributed by atoms with van der Waals surface area (Å²) in [5.41, 5.74) is 4.78. The number of para-hydroxylation sites is 1. The lowest BCUT2D eigenvalue weighted by Crippen LogP contribution is -2.52. The molecular formula is C36H47N7O5. The monoisotopic (exact) mass is 657 g/mol. The van der Waals surface area contributed by atoms with E-state index in [9.17, 15) is 19.2 Å². The molecule has 0 aliphatic carbocycles.